The van der Waals surface area contributed by atoms with Gasteiger partial charge in [-0.25, -0.2) is 0 Å². The zero-order valence-corrected chi connectivity index (χ0v) is 43.1. The first-order valence-corrected chi connectivity index (χ1v) is 28.2. The molecule has 0 N–H and O–H groups in total. The van der Waals surface area contributed by atoms with E-state index >= 15 is 0 Å². The Morgan fingerprint density at radius 3 is 1.12 bits per heavy atom. The molecular weight excluding hydrogens is 789 g/mol. The lowest BCUT2D eigenvalue weighted by Gasteiger charge is -2.18. The summed E-state index contributed by atoms with van der Waals surface area (Å²) in [6.07, 6.45) is 68.4. The van der Waals surface area contributed by atoms with Crippen LogP contribution in [0.2, 0.25) is 0 Å². The fourth-order valence-corrected chi connectivity index (χ4v) is 8.11. The van der Waals surface area contributed by atoms with Crippen molar-refractivity contribution in [2.24, 2.45) is 0 Å². The van der Waals surface area contributed by atoms with Crippen LogP contribution < -0.4 is 0 Å². The van der Waals surface area contributed by atoms with Crippen LogP contribution in [-0.4, -0.2) is 37.9 Å². The molecule has 0 aromatic carbocycles. The Kier molecular flexibility index (Phi) is 53.3. The summed E-state index contributed by atoms with van der Waals surface area (Å²) in [6, 6.07) is 0. The number of carbonyl (C=O) groups excluding carboxylic acids is 2. The second-order valence-electron chi connectivity index (χ2n) is 18.8. The number of allylic oxidation sites excluding steroid dienone is 8. The van der Waals surface area contributed by atoms with Crippen LogP contribution in [0.5, 0.6) is 0 Å². The minimum atomic E-state index is -0.542. The zero-order valence-electron chi connectivity index (χ0n) is 43.1. The highest BCUT2D eigenvalue weighted by molar-refractivity contribution is 5.70. The minimum Gasteiger partial charge on any atom is -0.462 e. The van der Waals surface area contributed by atoms with E-state index in [0.717, 1.165) is 57.8 Å². The van der Waals surface area contributed by atoms with Crippen LogP contribution in [0, 0.1) is 0 Å². The third-order valence-electron chi connectivity index (χ3n) is 12.3. The number of ether oxygens (including phenoxy) is 3. The Morgan fingerprint density at radius 1 is 0.344 bits per heavy atom. The lowest BCUT2D eigenvalue weighted by molar-refractivity contribution is -0.163. The first kappa shape index (κ1) is 61.9. The van der Waals surface area contributed by atoms with E-state index in [-0.39, 0.29) is 25.2 Å². The second-order valence-corrected chi connectivity index (χ2v) is 18.8. The lowest BCUT2D eigenvalue weighted by Crippen LogP contribution is -2.30. The predicted octanol–water partition coefficient (Wildman–Crippen LogP) is 19.1. The molecule has 0 amide bonds. The van der Waals surface area contributed by atoms with Crippen molar-refractivity contribution in [1.29, 1.82) is 0 Å². The van der Waals surface area contributed by atoms with Crippen LogP contribution in [0.4, 0.5) is 0 Å². The van der Waals surface area contributed by atoms with Gasteiger partial charge in [0.15, 0.2) is 6.10 Å². The van der Waals surface area contributed by atoms with Gasteiger partial charge < -0.3 is 14.2 Å². The normalized spacial score (nSPS) is 12.5. The smallest absolute Gasteiger partial charge is 0.306 e. The van der Waals surface area contributed by atoms with Crippen LogP contribution in [0.15, 0.2) is 48.6 Å². The summed E-state index contributed by atoms with van der Waals surface area (Å²) in [4.78, 5) is 25.5. The van der Waals surface area contributed by atoms with Crippen molar-refractivity contribution in [2.75, 3.05) is 19.8 Å². The number of hydrogen-bond donors (Lipinski definition) is 0. The molecule has 0 radical (unpaired) electrons. The molecule has 0 fully saturated rings. The van der Waals surface area contributed by atoms with Crippen molar-refractivity contribution < 1.29 is 23.8 Å². The Morgan fingerprint density at radius 2 is 0.688 bits per heavy atom. The molecule has 0 spiro atoms. The van der Waals surface area contributed by atoms with Crippen molar-refractivity contribution in [2.45, 2.75) is 297 Å². The first-order chi connectivity index (χ1) is 31.6. The Hall–Kier alpha value is -2.14. The highest BCUT2D eigenvalue weighted by Crippen LogP contribution is 2.16. The van der Waals surface area contributed by atoms with E-state index < -0.39 is 6.10 Å². The van der Waals surface area contributed by atoms with Gasteiger partial charge in [-0.3, -0.25) is 9.59 Å². The maximum Gasteiger partial charge on any atom is 0.306 e. The summed E-state index contributed by atoms with van der Waals surface area (Å²) in [6.45, 7) is 7.76. The van der Waals surface area contributed by atoms with E-state index in [4.69, 9.17) is 14.2 Å². The largest absolute Gasteiger partial charge is 0.462 e. The first-order valence-electron chi connectivity index (χ1n) is 28.2. The van der Waals surface area contributed by atoms with Gasteiger partial charge in [-0.05, 0) is 77.0 Å². The second kappa shape index (κ2) is 55.2. The van der Waals surface area contributed by atoms with Crippen molar-refractivity contribution in [1.82, 2.24) is 0 Å². The quantitative estimate of drug-likeness (QED) is 0.0346. The van der Waals surface area contributed by atoms with Gasteiger partial charge in [0.1, 0.15) is 6.61 Å². The monoisotopic (exact) mass is 897 g/mol. The van der Waals surface area contributed by atoms with Crippen LogP contribution in [0.25, 0.3) is 0 Å². The number of carbonyl (C=O) groups is 2. The average Bonchev–Trinajstić information content (AvgIpc) is 3.30. The summed E-state index contributed by atoms with van der Waals surface area (Å²) in [5, 5.41) is 0. The molecule has 0 saturated heterocycles. The predicted molar refractivity (Wildman–Crippen MR) is 279 cm³/mol. The SMILES string of the molecule is CCC/C=C\C/C=C\CCCCCCCCOCC(COC(=O)CCCCCCCCC/C=C\C/C=C\CCCCC)OC(=O)CCCCCCCCCCCCCCCCCCC. The van der Waals surface area contributed by atoms with E-state index in [2.05, 4.69) is 69.4 Å². The molecule has 0 aliphatic heterocycles. The molecule has 5 heteroatoms. The van der Waals surface area contributed by atoms with Crippen molar-refractivity contribution in [3.05, 3.63) is 48.6 Å². The molecule has 0 rings (SSSR count). The molecule has 374 valence electrons. The van der Waals surface area contributed by atoms with Gasteiger partial charge in [-0.2, -0.15) is 0 Å². The molecule has 5 nitrogen and oxygen atoms in total. The fraction of sp³-hybridized carbons (Fsp3) is 0.831. The highest BCUT2D eigenvalue weighted by atomic mass is 16.6. The van der Waals surface area contributed by atoms with Crippen LogP contribution in [0.3, 0.4) is 0 Å². The van der Waals surface area contributed by atoms with Crippen molar-refractivity contribution in [3.63, 3.8) is 0 Å². The summed E-state index contributed by atoms with van der Waals surface area (Å²) < 4.78 is 17.5. The third-order valence-corrected chi connectivity index (χ3v) is 12.3. The standard InChI is InChI=1S/C59H108O5/c1-4-7-10-13-16-19-22-25-28-30-32-34-37-40-43-46-49-52-58(60)63-56-57(55-62-54-51-48-45-42-39-36-27-24-21-18-15-12-9-6-3)64-59(61)53-50-47-44-41-38-35-33-31-29-26-23-20-17-14-11-8-5-2/h12,15-16,19,21,24-25,28,57H,4-11,13-14,17-18,20,22-23,26-27,29-56H2,1-3H3/b15-12-,19-16-,24-21-,28-25-. The third kappa shape index (κ3) is 52.5. The molecule has 0 aromatic heterocycles. The van der Waals surface area contributed by atoms with Crippen molar-refractivity contribution in [3.8, 4) is 0 Å². The molecule has 1 atom stereocenters. The Balaban J connectivity index is 4.26. The number of esters is 2. The van der Waals surface area contributed by atoms with Gasteiger partial charge in [-0.1, -0.05) is 249 Å². The van der Waals surface area contributed by atoms with E-state index in [9.17, 15) is 9.59 Å². The Bertz CT molecular complexity index is 1060. The minimum absolute atomic E-state index is 0.0801. The van der Waals surface area contributed by atoms with E-state index in [1.807, 2.05) is 0 Å². The Labute approximate surface area is 399 Å². The topological polar surface area (TPSA) is 61.8 Å². The van der Waals surface area contributed by atoms with E-state index in [1.54, 1.807) is 0 Å². The van der Waals surface area contributed by atoms with E-state index in [1.165, 1.54) is 199 Å². The van der Waals surface area contributed by atoms with Crippen molar-refractivity contribution >= 4 is 11.9 Å². The van der Waals surface area contributed by atoms with Gasteiger partial charge in [0.2, 0.25) is 0 Å². The number of rotatable bonds is 52. The molecule has 0 aromatic rings. The molecule has 0 aliphatic rings. The number of unbranched alkanes of at least 4 members (excludes halogenated alkanes) is 33. The summed E-state index contributed by atoms with van der Waals surface area (Å²) in [5.41, 5.74) is 0. The van der Waals surface area contributed by atoms with Crippen LogP contribution in [-0.2, 0) is 23.8 Å². The summed E-state index contributed by atoms with van der Waals surface area (Å²) >= 11 is 0. The van der Waals surface area contributed by atoms with Gasteiger partial charge in [0, 0.05) is 19.4 Å². The molecule has 0 heterocycles. The maximum absolute atomic E-state index is 12.8. The highest BCUT2D eigenvalue weighted by Gasteiger charge is 2.17. The molecular formula is C59H108O5. The molecule has 64 heavy (non-hydrogen) atoms. The molecule has 1 unspecified atom stereocenters. The lowest BCUT2D eigenvalue weighted by atomic mass is 10.0. The number of hydrogen-bond acceptors (Lipinski definition) is 5. The van der Waals surface area contributed by atoms with Gasteiger partial charge in [0.05, 0.1) is 6.61 Å². The van der Waals surface area contributed by atoms with Gasteiger partial charge >= 0.3 is 11.9 Å². The van der Waals surface area contributed by atoms with E-state index in [0.29, 0.717) is 19.4 Å². The van der Waals surface area contributed by atoms with Gasteiger partial charge in [0.25, 0.3) is 0 Å². The average molecular weight is 898 g/mol. The summed E-state index contributed by atoms with van der Waals surface area (Å²) in [5.74, 6) is -0.397. The zero-order chi connectivity index (χ0) is 46.3. The van der Waals surface area contributed by atoms with Crippen LogP contribution >= 0.6 is 0 Å². The molecule has 0 saturated carbocycles. The molecule has 0 aliphatic carbocycles. The van der Waals surface area contributed by atoms with Crippen LogP contribution in [0.1, 0.15) is 290 Å². The van der Waals surface area contributed by atoms with Gasteiger partial charge in [-0.15, -0.1) is 0 Å². The fourth-order valence-electron chi connectivity index (χ4n) is 8.11. The summed E-state index contributed by atoms with van der Waals surface area (Å²) in [7, 11) is 0. The molecule has 0 bridgehead atoms. The maximum atomic E-state index is 12.8.